The number of benzene rings is 2. The van der Waals surface area contributed by atoms with Crippen LogP contribution >= 0.6 is 0 Å². The molecule has 7 heteroatoms. The highest BCUT2D eigenvalue weighted by Crippen LogP contribution is 2.34. The molecule has 0 amide bonds. The van der Waals surface area contributed by atoms with Crippen molar-refractivity contribution in [2.45, 2.75) is 25.8 Å². The summed E-state index contributed by atoms with van der Waals surface area (Å²) in [4.78, 5) is 9.39. The summed E-state index contributed by atoms with van der Waals surface area (Å²) in [5, 5.41) is 2.24. The number of methoxy groups -OCH3 is 4. The fraction of sp³-hybridized carbons (Fsp3) is 0.464. The molecule has 0 aliphatic carbocycles. The Kier molecular flexibility index (Phi) is 8.31. The summed E-state index contributed by atoms with van der Waals surface area (Å²) in [6, 6.07) is 8.32. The first-order valence-electron chi connectivity index (χ1n) is 12.2. The Morgan fingerprint density at radius 1 is 0.829 bits per heavy atom. The third kappa shape index (κ3) is 5.80. The Bertz CT molecular complexity index is 1150. The van der Waals surface area contributed by atoms with Crippen LogP contribution in [0.4, 0.5) is 0 Å². The van der Waals surface area contributed by atoms with E-state index in [-0.39, 0.29) is 0 Å². The van der Waals surface area contributed by atoms with Gasteiger partial charge in [-0.05, 0) is 85.7 Å². The monoisotopic (exact) mass is 479 g/mol. The molecule has 7 nitrogen and oxygen atoms in total. The fourth-order valence-corrected chi connectivity index (χ4v) is 4.88. The molecule has 0 radical (unpaired) electrons. The van der Waals surface area contributed by atoms with E-state index in [1.807, 2.05) is 18.5 Å². The molecule has 3 aromatic rings. The lowest BCUT2D eigenvalue weighted by atomic mass is 9.98. The first-order valence-corrected chi connectivity index (χ1v) is 12.2. The quantitative estimate of drug-likeness (QED) is 0.409. The molecule has 188 valence electrons. The highest BCUT2D eigenvalue weighted by atomic mass is 16.5. The Morgan fingerprint density at radius 2 is 1.49 bits per heavy atom. The van der Waals surface area contributed by atoms with Crippen LogP contribution in [-0.4, -0.2) is 76.4 Å². The van der Waals surface area contributed by atoms with Crippen molar-refractivity contribution in [3.05, 3.63) is 53.3 Å². The predicted octanol–water partition coefficient (Wildman–Crippen LogP) is 4.19. The number of likely N-dealkylation sites (N-methyl/N-ethyl adjacent to an activating group) is 1. The van der Waals surface area contributed by atoms with Crippen LogP contribution in [0.15, 0.2) is 36.7 Å². The van der Waals surface area contributed by atoms with Crippen LogP contribution in [0.5, 0.6) is 23.0 Å². The first kappa shape index (κ1) is 25.1. The SMILES string of the molecule is COc1cc2c(cc1OC)CN(CCCN(C)CCc1cncc3cc(OC)c(OC)cc13)CC2. The molecule has 0 unspecified atom stereocenters. The molecule has 1 aromatic heterocycles. The lowest BCUT2D eigenvalue weighted by molar-refractivity contribution is 0.230. The van der Waals surface area contributed by atoms with Crippen molar-refractivity contribution in [2.24, 2.45) is 0 Å². The highest BCUT2D eigenvalue weighted by Gasteiger charge is 2.19. The molecular formula is C28H37N3O4. The smallest absolute Gasteiger partial charge is 0.161 e. The van der Waals surface area contributed by atoms with Gasteiger partial charge in [0.05, 0.1) is 28.4 Å². The minimum atomic E-state index is 0.731. The van der Waals surface area contributed by atoms with E-state index >= 15 is 0 Å². The number of rotatable bonds is 11. The molecule has 0 atom stereocenters. The molecule has 0 fully saturated rings. The third-order valence-electron chi connectivity index (χ3n) is 6.92. The second-order valence-corrected chi connectivity index (χ2v) is 9.14. The molecule has 2 aromatic carbocycles. The second kappa shape index (κ2) is 11.6. The minimum Gasteiger partial charge on any atom is -0.493 e. The van der Waals surface area contributed by atoms with Gasteiger partial charge in [-0.15, -0.1) is 0 Å². The van der Waals surface area contributed by atoms with Gasteiger partial charge in [-0.25, -0.2) is 0 Å². The van der Waals surface area contributed by atoms with Crippen molar-refractivity contribution in [3.63, 3.8) is 0 Å². The van der Waals surface area contributed by atoms with Crippen LogP contribution < -0.4 is 18.9 Å². The van der Waals surface area contributed by atoms with Gasteiger partial charge in [-0.2, -0.15) is 0 Å². The summed E-state index contributed by atoms with van der Waals surface area (Å²) in [5.41, 5.74) is 3.94. The predicted molar refractivity (Wildman–Crippen MR) is 139 cm³/mol. The zero-order valence-electron chi connectivity index (χ0n) is 21.6. The van der Waals surface area contributed by atoms with Gasteiger partial charge in [0.15, 0.2) is 23.0 Å². The number of hydrogen-bond donors (Lipinski definition) is 0. The lowest BCUT2D eigenvalue weighted by Crippen LogP contribution is -2.33. The van der Waals surface area contributed by atoms with E-state index in [4.69, 9.17) is 18.9 Å². The van der Waals surface area contributed by atoms with Gasteiger partial charge < -0.3 is 23.8 Å². The average Bonchev–Trinajstić information content (AvgIpc) is 2.89. The molecular weight excluding hydrogens is 442 g/mol. The maximum absolute atomic E-state index is 5.51. The van der Waals surface area contributed by atoms with Crippen molar-refractivity contribution in [1.82, 2.24) is 14.8 Å². The van der Waals surface area contributed by atoms with Crippen LogP contribution in [0.3, 0.4) is 0 Å². The maximum atomic E-state index is 5.51. The molecule has 0 N–H and O–H groups in total. The third-order valence-corrected chi connectivity index (χ3v) is 6.92. The van der Waals surface area contributed by atoms with Crippen LogP contribution in [-0.2, 0) is 19.4 Å². The minimum absolute atomic E-state index is 0.731. The topological polar surface area (TPSA) is 56.3 Å². The average molecular weight is 480 g/mol. The van der Waals surface area contributed by atoms with Gasteiger partial charge in [-0.3, -0.25) is 9.88 Å². The Labute approximate surface area is 208 Å². The molecule has 35 heavy (non-hydrogen) atoms. The number of nitrogens with zero attached hydrogens (tertiary/aromatic N) is 3. The van der Waals surface area contributed by atoms with Crippen molar-refractivity contribution < 1.29 is 18.9 Å². The molecule has 0 saturated heterocycles. The van der Waals surface area contributed by atoms with Crippen molar-refractivity contribution >= 4 is 10.8 Å². The van der Waals surface area contributed by atoms with E-state index in [9.17, 15) is 0 Å². The largest absolute Gasteiger partial charge is 0.493 e. The van der Waals surface area contributed by atoms with Crippen LogP contribution in [0.1, 0.15) is 23.1 Å². The molecule has 0 saturated carbocycles. The van der Waals surface area contributed by atoms with E-state index in [0.29, 0.717) is 0 Å². The second-order valence-electron chi connectivity index (χ2n) is 9.14. The molecule has 4 rings (SSSR count). The summed E-state index contributed by atoms with van der Waals surface area (Å²) < 4.78 is 21.9. The van der Waals surface area contributed by atoms with Gasteiger partial charge in [0.25, 0.3) is 0 Å². The van der Waals surface area contributed by atoms with Gasteiger partial charge in [0, 0.05) is 37.4 Å². The normalized spacial score (nSPS) is 13.7. The molecule has 0 spiro atoms. The summed E-state index contributed by atoms with van der Waals surface area (Å²) in [6.45, 7) is 5.18. The highest BCUT2D eigenvalue weighted by molar-refractivity contribution is 5.88. The number of ether oxygens (including phenoxy) is 4. The number of pyridine rings is 1. The Morgan fingerprint density at radius 3 is 2.20 bits per heavy atom. The number of fused-ring (bicyclic) bond motifs is 2. The van der Waals surface area contributed by atoms with E-state index < -0.39 is 0 Å². The van der Waals surface area contributed by atoms with Crippen LogP contribution in [0.2, 0.25) is 0 Å². The fourth-order valence-electron chi connectivity index (χ4n) is 4.88. The Hall–Kier alpha value is -3.03. The number of hydrogen-bond acceptors (Lipinski definition) is 7. The first-order chi connectivity index (χ1) is 17.1. The summed E-state index contributed by atoms with van der Waals surface area (Å²) in [5.74, 6) is 3.11. The zero-order valence-corrected chi connectivity index (χ0v) is 21.6. The zero-order chi connectivity index (χ0) is 24.8. The van der Waals surface area contributed by atoms with Crippen LogP contribution in [0, 0.1) is 0 Å². The molecule has 1 aliphatic rings. The van der Waals surface area contributed by atoms with Gasteiger partial charge in [-0.1, -0.05) is 0 Å². The van der Waals surface area contributed by atoms with Crippen molar-refractivity contribution in [1.29, 1.82) is 0 Å². The van der Waals surface area contributed by atoms with E-state index in [0.717, 1.165) is 80.4 Å². The molecule has 1 aliphatic heterocycles. The van der Waals surface area contributed by atoms with Crippen molar-refractivity contribution in [2.75, 3.05) is 61.7 Å². The van der Waals surface area contributed by atoms with E-state index in [1.54, 1.807) is 28.4 Å². The lowest BCUT2D eigenvalue weighted by Gasteiger charge is -2.30. The molecule has 0 bridgehead atoms. The van der Waals surface area contributed by atoms with E-state index in [2.05, 4.69) is 40.0 Å². The number of aromatic nitrogens is 1. The standard InChI is InChI=1S/C28H37N3O4/c1-30(11-7-21-17-29-18-22-14-26(33-3)28(35-5)16-24(21)22)9-6-10-31-12-8-20-13-25(32-2)27(34-4)15-23(20)19-31/h13-18H,6-12,19H2,1-5H3. The summed E-state index contributed by atoms with van der Waals surface area (Å²) in [7, 11) is 8.92. The summed E-state index contributed by atoms with van der Waals surface area (Å²) >= 11 is 0. The Balaban J connectivity index is 1.29. The summed E-state index contributed by atoms with van der Waals surface area (Å²) in [6.07, 6.45) is 6.98. The van der Waals surface area contributed by atoms with Crippen LogP contribution in [0.25, 0.3) is 10.8 Å². The van der Waals surface area contributed by atoms with Gasteiger partial charge >= 0.3 is 0 Å². The van der Waals surface area contributed by atoms with E-state index in [1.165, 1.54) is 22.1 Å². The molecule has 2 heterocycles. The maximum Gasteiger partial charge on any atom is 0.161 e. The van der Waals surface area contributed by atoms with Crippen molar-refractivity contribution in [3.8, 4) is 23.0 Å². The van der Waals surface area contributed by atoms with Gasteiger partial charge in [0.2, 0.25) is 0 Å². The van der Waals surface area contributed by atoms with Gasteiger partial charge in [0.1, 0.15) is 0 Å².